The first-order valence-corrected chi connectivity index (χ1v) is 9.77. The first-order valence-electron chi connectivity index (χ1n) is 6.73. The van der Waals surface area contributed by atoms with E-state index in [-0.39, 0.29) is 0 Å². The van der Waals surface area contributed by atoms with Crippen LogP contribution in [0.1, 0.15) is 13.3 Å². The van der Waals surface area contributed by atoms with E-state index in [9.17, 15) is 8.42 Å². The van der Waals surface area contributed by atoms with Gasteiger partial charge in [0.25, 0.3) is 10.0 Å². The largest absolute Gasteiger partial charge is 0.363 e. The van der Waals surface area contributed by atoms with Crippen molar-refractivity contribution in [1.82, 2.24) is 14.5 Å². The molecule has 0 atom stereocenters. The van der Waals surface area contributed by atoms with E-state index in [1.54, 1.807) is 12.1 Å². The highest BCUT2D eigenvalue weighted by atomic mass is 35.5. The zero-order valence-corrected chi connectivity index (χ0v) is 14.9. The number of hydrogen-bond donors (Lipinski definition) is 1. The summed E-state index contributed by atoms with van der Waals surface area (Å²) in [6.45, 7) is 5.00. The van der Waals surface area contributed by atoms with Crippen LogP contribution in [0.15, 0.2) is 16.3 Å². The molecule has 2 heterocycles. The van der Waals surface area contributed by atoms with Gasteiger partial charge in [-0.25, -0.2) is 8.42 Å². The maximum atomic E-state index is 12.5. The summed E-state index contributed by atoms with van der Waals surface area (Å²) in [5.41, 5.74) is 0. The second kappa shape index (κ2) is 7.23. The third kappa shape index (κ3) is 4.07. The van der Waals surface area contributed by atoms with Crippen molar-refractivity contribution < 1.29 is 8.42 Å². The van der Waals surface area contributed by atoms with Crippen LogP contribution in [0.2, 0.25) is 4.34 Å². The van der Waals surface area contributed by atoms with E-state index in [1.165, 1.54) is 4.31 Å². The van der Waals surface area contributed by atoms with Crippen molar-refractivity contribution in [2.24, 2.45) is 0 Å². The van der Waals surface area contributed by atoms with Crippen LogP contribution in [0.3, 0.4) is 0 Å². The summed E-state index contributed by atoms with van der Waals surface area (Å²) in [5, 5.41) is 3.87. The Bertz CT molecular complexity index is 595. The number of nitrogens with one attached hydrogen (secondary N) is 1. The highest BCUT2D eigenvalue weighted by molar-refractivity contribution is 7.91. The maximum Gasteiger partial charge on any atom is 0.252 e. The number of piperazine rings is 1. The Morgan fingerprint density at radius 1 is 1.38 bits per heavy atom. The van der Waals surface area contributed by atoms with Gasteiger partial charge < -0.3 is 10.2 Å². The van der Waals surface area contributed by atoms with Crippen molar-refractivity contribution in [3.05, 3.63) is 16.5 Å². The van der Waals surface area contributed by atoms with Gasteiger partial charge >= 0.3 is 0 Å². The fourth-order valence-corrected chi connectivity index (χ4v) is 5.38. The average Bonchev–Trinajstić information content (AvgIpc) is 2.92. The Hall–Kier alpha value is -0.410. The van der Waals surface area contributed by atoms with Gasteiger partial charge in [-0.2, -0.15) is 4.31 Å². The zero-order chi connectivity index (χ0) is 15.5. The Morgan fingerprint density at radius 2 is 2.05 bits per heavy atom. The molecule has 0 radical (unpaired) electrons. The van der Waals surface area contributed by atoms with E-state index in [2.05, 4.69) is 12.2 Å². The van der Waals surface area contributed by atoms with E-state index in [0.717, 1.165) is 24.3 Å². The molecule has 0 spiro atoms. The van der Waals surface area contributed by atoms with E-state index >= 15 is 0 Å². The number of halogens is 1. The van der Waals surface area contributed by atoms with Crippen LogP contribution >= 0.6 is 35.2 Å². The van der Waals surface area contributed by atoms with Gasteiger partial charge in [0, 0.05) is 32.7 Å². The molecular weight excluding hydrogens is 350 g/mol. The summed E-state index contributed by atoms with van der Waals surface area (Å²) >= 11 is 12.2. The molecular formula is C12H18ClN3O2S3. The van der Waals surface area contributed by atoms with Gasteiger partial charge in [0.15, 0.2) is 5.11 Å². The number of nitrogens with zero attached hydrogens (tertiary/aromatic N) is 2. The summed E-state index contributed by atoms with van der Waals surface area (Å²) in [6.07, 6.45) is 1.01. The predicted octanol–water partition coefficient (Wildman–Crippen LogP) is 1.99. The lowest BCUT2D eigenvalue weighted by Gasteiger charge is -2.35. The van der Waals surface area contributed by atoms with Crippen LogP contribution in [0.5, 0.6) is 0 Å². The normalized spacial score (nSPS) is 17.0. The fraction of sp³-hybridized carbons (Fsp3) is 0.583. The maximum absolute atomic E-state index is 12.5. The second-order valence-electron chi connectivity index (χ2n) is 4.68. The molecule has 1 saturated heterocycles. The molecule has 5 nitrogen and oxygen atoms in total. The molecule has 0 aromatic carbocycles. The molecule has 1 aromatic rings. The van der Waals surface area contributed by atoms with Gasteiger partial charge in [0.2, 0.25) is 0 Å². The van der Waals surface area contributed by atoms with Crippen LogP contribution < -0.4 is 5.32 Å². The minimum absolute atomic E-state index is 0.299. The van der Waals surface area contributed by atoms with Crippen molar-refractivity contribution in [1.29, 1.82) is 0 Å². The first kappa shape index (κ1) is 17.0. The number of thiocarbonyl (C=S) groups is 1. The molecule has 0 saturated carbocycles. The molecule has 1 aliphatic rings. The Labute approximate surface area is 139 Å². The molecule has 21 heavy (non-hydrogen) atoms. The number of sulfonamides is 1. The van der Waals surface area contributed by atoms with Crippen molar-refractivity contribution in [3.63, 3.8) is 0 Å². The molecule has 1 fully saturated rings. The van der Waals surface area contributed by atoms with Crippen LogP contribution in [0, 0.1) is 0 Å². The van der Waals surface area contributed by atoms with Crippen LogP contribution in [0.25, 0.3) is 0 Å². The summed E-state index contributed by atoms with van der Waals surface area (Å²) in [7, 11) is -3.43. The predicted molar refractivity (Wildman–Crippen MR) is 90.6 cm³/mol. The lowest BCUT2D eigenvalue weighted by atomic mass is 10.4. The Kier molecular flexibility index (Phi) is 5.84. The van der Waals surface area contributed by atoms with E-state index in [4.69, 9.17) is 23.8 Å². The highest BCUT2D eigenvalue weighted by Gasteiger charge is 2.30. The quantitative estimate of drug-likeness (QED) is 0.825. The lowest BCUT2D eigenvalue weighted by molar-refractivity contribution is 0.264. The standard InChI is InChI=1S/C12H18ClN3O2S3/c1-2-5-14-12(19)15-6-8-16(9-7-15)21(17,18)11-4-3-10(13)20-11/h3-4H,2,5-9H2,1H3,(H,14,19). The zero-order valence-electron chi connectivity index (χ0n) is 11.7. The monoisotopic (exact) mass is 367 g/mol. The molecule has 2 rings (SSSR count). The number of rotatable bonds is 4. The molecule has 118 valence electrons. The van der Waals surface area contributed by atoms with Crippen molar-refractivity contribution >= 4 is 50.3 Å². The molecule has 0 bridgehead atoms. The molecule has 0 unspecified atom stereocenters. The van der Waals surface area contributed by atoms with Crippen molar-refractivity contribution in [2.45, 2.75) is 17.6 Å². The van der Waals surface area contributed by atoms with Gasteiger partial charge in [-0.3, -0.25) is 0 Å². The third-order valence-electron chi connectivity index (χ3n) is 3.19. The third-order valence-corrected chi connectivity index (χ3v) is 7.19. The fourth-order valence-electron chi connectivity index (χ4n) is 2.04. The van der Waals surface area contributed by atoms with Gasteiger partial charge in [-0.1, -0.05) is 18.5 Å². The molecule has 0 amide bonds. The minimum atomic E-state index is -3.43. The molecule has 1 aromatic heterocycles. The second-order valence-corrected chi connectivity index (χ2v) is 8.95. The number of hydrogen-bond acceptors (Lipinski definition) is 4. The summed E-state index contributed by atoms with van der Waals surface area (Å²) in [6, 6.07) is 3.17. The Morgan fingerprint density at radius 3 is 2.57 bits per heavy atom. The molecule has 1 aliphatic heterocycles. The van der Waals surface area contributed by atoms with E-state index in [1.807, 2.05) is 4.90 Å². The molecule has 9 heteroatoms. The van der Waals surface area contributed by atoms with Crippen molar-refractivity contribution in [3.8, 4) is 0 Å². The highest BCUT2D eigenvalue weighted by Crippen LogP contribution is 2.28. The summed E-state index contributed by atoms with van der Waals surface area (Å²) in [4.78, 5) is 2.01. The molecule has 0 aliphatic carbocycles. The van der Waals surface area contributed by atoms with Gasteiger partial charge in [0.05, 0.1) is 4.34 Å². The van der Waals surface area contributed by atoms with Crippen LogP contribution in [-0.2, 0) is 10.0 Å². The van der Waals surface area contributed by atoms with Crippen molar-refractivity contribution in [2.75, 3.05) is 32.7 Å². The SMILES string of the molecule is CCCNC(=S)N1CCN(S(=O)(=O)c2ccc(Cl)s2)CC1. The van der Waals surface area contributed by atoms with E-state index in [0.29, 0.717) is 39.8 Å². The summed E-state index contributed by atoms with van der Waals surface area (Å²) < 4.78 is 27.2. The first-order chi connectivity index (χ1) is 9.95. The minimum Gasteiger partial charge on any atom is -0.363 e. The van der Waals surface area contributed by atoms with Crippen LogP contribution in [-0.4, -0.2) is 55.5 Å². The van der Waals surface area contributed by atoms with Gasteiger partial charge in [-0.05, 0) is 30.8 Å². The van der Waals surface area contributed by atoms with Crippen LogP contribution in [0.4, 0.5) is 0 Å². The lowest BCUT2D eigenvalue weighted by Crippen LogP contribution is -2.52. The van der Waals surface area contributed by atoms with Gasteiger partial charge in [-0.15, -0.1) is 11.3 Å². The molecule has 1 N–H and O–H groups in total. The van der Waals surface area contributed by atoms with Gasteiger partial charge in [0.1, 0.15) is 4.21 Å². The smallest absolute Gasteiger partial charge is 0.252 e. The summed E-state index contributed by atoms with van der Waals surface area (Å²) in [5.74, 6) is 0. The van der Waals surface area contributed by atoms with E-state index < -0.39 is 10.0 Å². The number of thiophene rings is 1. The Balaban J connectivity index is 1.96. The topological polar surface area (TPSA) is 52.6 Å². The average molecular weight is 368 g/mol.